The Balaban J connectivity index is 0.00000408. The van der Waals surface area contributed by atoms with Gasteiger partial charge in [-0.3, -0.25) is 5.41 Å². The number of guanidine groups is 1. The first-order chi connectivity index (χ1) is 15.8. The van der Waals surface area contributed by atoms with Gasteiger partial charge in [-0.15, -0.1) is 12.4 Å². The molecular formula is C24H35ClF3N5O. The Kier molecular flexibility index (Phi) is 10.7. The lowest BCUT2D eigenvalue weighted by Gasteiger charge is -2.37. The molecule has 1 aromatic heterocycles. The smallest absolute Gasteiger partial charge is 0.370 e. The average Bonchev–Trinajstić information content (AvgIpc) is 3.20. The van der Waals surface area contributed by atoms with Gasteiger partial charge in [-0.25, -0.2) is 0 Å². The van der Waals surface area contributed by atoms with Crippen LogP contribution in [0.3, 0.4) is 0 Å². The first kappa shape index (κ1) is 28.0. The highest BCUT2D eigenvalue weighted by Gasteiger charge is 2.35. The van der Waals surface area contributed by atoms with E-state index >= 15 is 0 Å². The number of alkyl halides is 3. The lowest BCUT2D eigenvalue weighted by molar-refractivity contribution is -0.138. The third-order valence-corrected chi connectivity index (χ3v) is 6.24. The summed E-state index contributed by atoms with van der Waals surface area (Å²) in [5.74, 6) is 0.410. The van der Waals surface area contributed by atoms with Crippen molar-refractivity contribution < 1.29 is 17.7 Å². The van der Waals surface area contributed by atoms with Gasteiger partial charge >= 0.3 is 6.18 Å². The number of halogens is 4. The minimum absolute atomic E-state index is 0. The summed E-state index contributed by atoms with van der Waals surface area (Å²) in [6.45, 7) is 3.17. The summed E-state index contributed by atoms with van der Waals surface area (Å²) in [6.07, 6.45) is 6.13. The van der Waals surface area contributed by atoms with E-state index in [1.54, 1.807) is 17.0 Å². The van der Waals surface area contributed by atoms with Gasteiger partial charge in [0.2, 0.25) is 11.7 Å². The van der Waals surface area contributed by atoms with Gasteiger partial charge < -0.3 is 15.2 Å². The molecule has 2 aromatic rings. The second-order valence-electron chi connectivity index (χ2n) is 8.89. The van der Waals surface area contributed by atoms with Gasteiger partial charge in [0.25, 0.3) is 0 Å². The van der Waals surface area contributed by atoms with E-state index in [9.17, 15) is 13.2 Å². The number of benzene rings is 1. The van der Waals surface area contributed by atoms with Gasteiger partial charge in [0, 0.05) is 18.7 Å². The summed E-state index contributed by atoms with van der Waals surface area (Å²) in [6, 6.07) is 4.30. The summed E-state index contributed by atoms with van der Waals surface area (Å²) in [4.78, 5) is 5.94. The third kappa shape index (κ3) is 7.61. The number of nitrogens with two attached hydrogens (primary N) is 1. The van der Waals surface area contributed by atoms with Crippen LogP contribution in [0.1, 0.15) is 87.6 Å². The Bertz CT molecular complexity index is 912. The lowest BCUT2D eigenvalue weighted by atomic mass is 9.97. The lowest BCUT2D eigenvalue weighted by Crippen LogP contribution is -2.51. The topological polar surface area (TPSA) is 92.0 Å². The Morgan fingerprint density at radius 2 is 1.71 bits per heavy atom. The summed E-state index contributed by atoms with van der Waals surface area (Å²) >= 11 is 0. The third-order valence-electron chi connectivity index (χ3n) is 6.24. The van der Waals surface area contributed by atoms with Crippen molar-refractivity contribution in [2.45, 2.75) is 83.2 Å². The number of nitrogens with zero attached hydrogens (tertiary/aromatic N) is 3. The van der Waals surface area contributed by atoms with Crippen LogP contribution in [0.5, 0.6) is 0 Å². The van der Waals surface area contributed by atoms with Crippen LogP contribution in [-0.2, 0) is 12.6 Å². The van der Waals surface area contributed by atoms with Crippen LogP contribution < -0.4 is 5.73 Å². The zero-order valence-corrected chi connectivity index (χ0v) is 20.5. The number of hydrogen-bond acceptors (Lipinski definition) is 4. The fourth-order valence-electron chi connectivity index (χ4n) is 4.17. The van der Waals surface area contributed by atoms with Crippen LogP contribution in [0.2, 0.25) is 0 Å². The predicted octanol–water partition coefficient (Wildman–Crippen LogP) is 6.54. The average molecular weight is 502 g/mol. The van der Waals surface area contributed by atoms with Crippen molar-refractivity contribution in [1.82, 2.24) is 15.0 Å². The molecule has 0 radical (unpaired) electrons. The van der Waals surface area contributed by atoms with Gasteiger partial charge in [-0.05, 0) is 24.5 Å². The molecule has 1 aromatic carbocycles. The molecule has 1 aliphatic rings. The van der Waals surface area contributed by atoms with E-state index in [4.69, 9.17) is 15.7 Å². The van der Waals surface area contributed by atoms with Crippen LogP contribution >= 0.6 is 12.4 Å². The molecule has 1 aliphatic heterocycles. The minimum atomic E-state index is -4.44. The SMILES string of the molecule is CCCCCCCCCCCc1ccc(-c2noc(C3CN(C(=N)N)C3)n2)cc1C(F)(F)F.Cl. The maximum Gasteiger partial charge on any atom is 0.416 e. The number of aromatic nitrogens is 2. The summed E-state index contributed by atoms with van der Waals surface area (Å²) < 4.78 is 46.5. The van der Waals surface area contributed by atoms with Gasteiger partial charge in [-0.1, -0.05) is 75.6 Å². The standard InChI is InChI=1S/C24H34F3N5O.ClH/c1-2-3-4-5-6-7-8-9-10-11-17-12-13-18(14-20(17)24(25,26)27)21-30-22(33-31-21)19-15-32(16-19)23(28)29;/h12-14,19H,2-11,15-16H2,1H3,(H3,28,29);1H. The molecule has 0 unspecified atom stereocenters. The van der Waals surface area contributed by atoms with Crippen molar-refractivity contribution >= 4 is 18.4 Å². The Morgan fingerprint density at radius 1 is 1.09 bits per heavy atom. The zero-order valence-electron chi connectivity index (χ0n) is 19.7. The number of unbranched alkanes of at least 4 members (excludes halogenated alkanes) is 8. The maximum atomic E-state index is 13.7. The van der Waals surface area contributed by atoms with Gasteiger partial charge in [0.05, 0.1) is 11.5 Å². The Hall–Kier alpha value is -2.29. The number of rotatable bonds is 12. The normalized spacial score (nSPS) is 14.1. The van der Waals surface area contributed by atoms with Crippen LogP contribution in [0.25, 0.3) is 11.4 Å². The van der Waals surface area contributed by atoms with E-state index in [1.807, 2.05) is 0 Å². The molecule has 0 spiro atoms. The molecule has 6 nitrogen and oxygen atoms in total. The fraction of sp³-hybridized carbons (Fsp3) is 0.625. The highest BCUT2D eigenvalue weighted by molar-refractivity contribution is 5.85. The van der Waals surface area contributed by atoms with Gasteiger partial charge in [0.15, 0.2) is 5.96 Å². The molecule has 3 rings (SSSR count). The monoisotopic (exact) mass is 501 g/mol. The Labute approximate surface area is 205 Å². The molecule has 1 fully saturated rings. The van der Waals surface area contributed by atoms with Crippen molar-refractivity contribution in [3.63, 3.8) is 0 Å². The molecule has 3 N–H and O–H groups in total. The number of likely N-dealkylation sites (tertiary alicyclic amines) is 1. The van der Waals surface area contributed by atoms with Crippen LogP contribution in [-0.4, -0.2) is 34.1 Å². The van der Waals surface area contributed by atoms with Gasteiger partial charge in [-0.2, -0.15) is 18.2 Å². The van der Waals surface area contributed by atoms with E-state index in [-0.39, 0.29) is 35.7 Å². The van der Waals surface area contributed by atoms with E-state index < -0.39 is 11.7 Å². The Morgan fingerprint density at radius 3 is 2.29 bits per heavy atom. The molecular weight excluding hydrogens is 467 g/mol. The van der Waals surface area contributed by atoms with E-state index in [0.717, 1.165) is 31.7 Å². The molecule has 1 saturated heterocycles. The van der Waals surface area contributed by atoms with Crippen LogP contribution in [0, 0.1) is 5.41 Å². The molecule has 0 aliphatic carbocycles. The first-order valence-corrected chi connectivity index (χ1v) is 11.9. The second kappa shape index (κ2) is 13.0. The largest absolute Gasteiger partial charge is 0.416 e. The highest BCUT2D eigenvalue weighted by Crippen LogP contribution is 2.36. The maximum absolute atomic E-state index is 13.7. The number of hydrogen-bond donors (Lipinski definition) is 2. The second-order valence-corrected chi connectivity index (χ2v) is 8.89. The van der Waals surface area contributed by atoms with Crippen molar-refractivity contribution in [3.8, 4) is 11.4 Å². The number of aryl methyl sites for hydroxylation is 1. The fourth-order valence-corrected chi connectivity index (χ4v) is 4.17. The van der Waals surface area contributed by atoms with Crippen molar-refractivity contribution in [2.75, 3.05) is 13.1 Å². The quantitative estimate of drug-likeness (QED) is 0.195. The van der Waals surface area contributed by atoms with Crippen LogP contribution in [0.4, 0.5) is 13.2 Å². The zero-order chi connectivity index (χ0) is 23.8. The van der Waals surface area contributed by atoms with Gasteiger partial charge in [0.1, 0.15) is 0 Å². The molecule has 34 heavy (non-hydrogen) atoms. The molecule has 0 saturated carbocycles. The first-order valence-electron chi connectivity index (χ1n) is 11.9. The molecule has 0 amide bonds. The van der Waals surface area contributed by atoms with Crippen molar-refractivity contribution in [1.29, 1.82) is 5.41 Å². The van der Waals surface area contributed by atoms with Crippen LogP contribution in [0.15, 0.2) is 22.7 Å². The van der Waals surface area contributed by atoms with E-state index in [0.29, 0.717) is 31.0 Å². The minimum Gasteiger partial charge on any atom is -0.370 e. The highest BCUT2D eigenvalue weighted by atomic mass is 35.5. The molecule has 190 valence electrons. The van der Waals surface area contributed by atoms with Crippen molar-refractivity contribution in [2.24, 2.45) is 5.73 Å². The summed E-state index contributed by atoms with van der Waals surface area (Å²) in [7, 11) is 0. The molecule has 10 heteroatoms. The summed E-state index contributed by atoms with van der Waals surface area (Å²) in [5.41, 5.74) is 5.40. The van der Waals surface area contributed by atoms with E-state index in [1.165, 1.54) is 32.1 Å². The molecule has 0 atom stereocenters. The number of nitrogens with one attached hydrogen (secondary N) is 1. The molecule has 0 bridgehead atoms. The molecule has 2 heterocycles. The van der Waals surface area contributed by atoms with E-state index in [2.05, 4.69) is 17.1 Å². The van der Waals surface area contributed by atoms with Crippen molar-refractivity contribution in [3.05, 3.63) is 35.2 Å². The predicted molar refractivity (Wildman–Crippen MR) is 129 cm³/mol. The summed E-state index contributed by atoms with van der Waals surface area (Å²) in [5, 5.41) is 11.3.